The number of piperidine rings is 2. The van der Waals surface area contributed by atoms with E-state index in [9.17, 15) is 9.59 Å². The number of likely N-dealkylation sites (tertiary alicyclic amines) is 2. The zero-order valence-corrected chi connectivity index (χ0v) is 18.7. The quantitative estimate of drug-likeness (QED) is 0.790. The van der Waals surface area contributed by atoms with Gasteiger partial charge in [-0.2, -0.15) is 5.10 Å². The van der Waals surface area contributed by atoms with Crippen molar-refractivity contribution in [3.8, 4) is 17.0 Å². The topological polar surface area (TPSA) is 78.5 Å². The number of H-pyrrole nitrogens is 1. The molecule has 0 unspecified atom stereocenters. The molecule has 1 aromatic carbocycles. The lowest BCUT2D eigenvalue weighted by atomic mass is 9.76. The van der Waals surface area contributed by atoms with Crippen molar-refractivity contribution >= 4 is 11.8 Å². The van der Waals surface area contributed by atoms with E-state index in [1.807, 2.05) is 40.1 Å². The van der Waals surface area contributed by atoms with E-state index in [1.165, 1.54) is 0 Å². The number of hydrogen-bond donors (Lipinski definition) is 1. The Kier molecular flexibility index (Phi) is 6.03. The fraction of sp³-hybridized carbons (Fsp3) is 0.542. The van der Waals surface area contributed by atoms with E-state index in [2.05, 4.69) is 24.0 Å². The normalized spacial score (nSPS) is 23.4. The molecule has 4 rings (SSSR count). The van der Waals surface area contributed by atoms with Gasteiger partial charge in [0.25, 0.3) is 5.91 Å². The molecule has 2 saturated heterocycles. The molecule has 31 heavy (non-hydrogen) atoms. The molecule has 2 aromatic rings. The third kappa shape index (κ3) is 3.93. The van der Waals surface area contributed by atoms with Crippen molar-refractivity contribution in [2.45, 2.75) is 64.5 Å². The molecule has 3 heterocycles. The third-order valence-electron chi connectivity index (χ3n) is 6.73. The molecule has 0 spiro atoms. The molecule has 2 fully saturated rings. The summed E-state index contributed by atoms with van der Waals surface area (Å²) < 4.78 is 5.86. The van der Waals surface area contributed by atoms with Crippen LogP contribution in [0.15, 0.2) is 30.3 Å². The smallest absolute Gasteiger partial charge is 0.272 e. The van der Waals surface area contributed by atoms with Crippen molar-refractivity contribution in [2.75, 3.05) is 19.7 Å². The van der Waals surface area contributed by atoms with E-state index < -0.39 is 0 Å². The first kappa shape index (κ1) is 21.4. The Morgan fingerprint density at radius 3 is 2.84 bits per heavy atom. The first-order valence-corrected chi connectivity index (χ1v) is 11.3. The second-order valence-corrected chi connectivity index (χ2v) is 8.80. The number of aromatic amines is 1. The van der Waals surface area contributed by atoms with Crippen molar-refractivity contribution in [2.24, 2.45) is 0 Å². The molecule has 2 aliphatic rings. The van der Waals surface area contributed by atoms with Crippen molar-refractivity contribution in [1.82, 2.24) is 20.0 Å². The summed E-state index contributed by atoms with van der Waals surface area (Å²) >= 11 is 0. The van der Waals surface area contributed by atoms with Crippen molar-refractivity contribution < 1.29 is 14.3 Å². The summed E-state index contributed by atoms with van der Waals surface area (Å²) in [6, 6.07) is 9.60. The molecule has 2 aliphatic heterocycles. The Labute approximate surface area is 183 Å². The van der Waals surface area contributed by atoms with E-state index in [-0.39, 0.29) is 23.4 Å². The van der Waals surface area contributed by atoms with Crippen molar-refractivity contribution in [3.05, 3.63) is 36.0 Å². The molecule has 7 nitrogen and oxygen atoms in total. The summed E-state index contributed by atoms with van der Waals surface area (Å²) in [6.07, 6.45) is 4.57. The highest BCUT2D eigenvalue weighted by atomic mass is 16.5. The van der Waals surface area contributed by atoms with Crippen molar-refractivity contribution in [1.29, 1.82) is 0 Å². The zero-order valence-electron chi connectivity index (χ0n) is 18.7. The molecule has 1 aromatic heterocycles. The Bertz CT molecular complexity index is 956. The number of carbonyl (C=O) groups is 2. The summed E-state index contributed by atoms with van der Waals surface area (Å²) in [6.45, 7) is 7.94. The number of carbonyl (C=O) groups excluding carboxylic acids is 2. The van der Waals surface area contributed by atoms with E-state index in [4.69, 9.17) is 4.74 Å². The van der Waals surface area contributed by atoms with Gasteiger partial charge in [-0.1, -0.05) is 19.1 Å². The number of ether oxygens (including phenoxy) is 1. The molecule has 0 bridgehead atoms. The monoisotopic (exact) mass is 424 g/mol. The van der Waals surface area contributed by atoms with E-state index >= 15 is 0 Å². The number of nitrogens with one attached hydrogen (secondary N) is 1. The van der Waals surface area contributed by atoms with Gasteiger partial charge in [-0.3, -0.25) is 14.7 Å². The van der Waals surface area contributed by atoms with Gasteiger partial charge in [-0.15, -0.1) is 0 Å². The standard InChI is InChI=1S/C24H32N4O3/c1-4-15-31-21-10-6-5-9-18(21)19-16-20(26-25-19)23(30)27-13-8-12-24(3)22(27)11-7-14-28(24)17(2)29/h5-6,9-10,16,22H,4,7-8,11-15H2,1-3H3,(H,25,26)/t22-,24+/m1/s1. The zero-order chi connectivity index (χ0) is 22.0. The molecule has 166 valence electrons. The molecule has 2 atom stereocenters. The highest BCUT2D eigenvalue weighted by Gasteiger charge is 2.49. The fourth-order valence-electron chi connectivity index (χ4n) is 5.25. The van der Waals surface area contributed by atoms with Crippen LogP contribution in [0, 0.1) is 0 Å². The number of benzene rings is 1. The number of hydrogen-bond acceptors (Lipinski definition) is 4. The molecule has 0 radical (unpaired) electrons. The van der Waals surface area contributed by atoms with Crippen LogP contribution in [0.5, 0.6) is 5.75 Å². The van der Waals surface area contributed by atoms with Gasteiger partial charge in [0.2, 0.25) is 5.91 Å². The number of nitrogens with zero attached hydrogens (tertiary/aromatic N) is 3. The molecular formula is C24H32N4O3. The highest BCUT2D eigenvalue weighted by Crippen LogP contribution is 2.40. The van der Waals surface area contributed by atoms with Crippen LogP contribution < -0.4 is 4.74 Å². The van der Waals surface area contributed by atoms with Gasteiger partial charge in [0.1, 0.15) is 11.4 Å². The van der Waals surface area contributed by atoms with Gasteiger partial charge in [0.15, 0.2) is 0 Å². The average Bonchev–Trinajstić information content (AvgIpc) is 3.26. The van der Waals surface area contributed by atoms with Gasteiger partial charge >= 0.3 is 0 Å². The number of fused-ring (bicyclic) bond motifs is 1. The van der Waals surface area contributed by atoms with Gasteiger partial charge in [-0.25, -0.2) is 0 Å². The first-order chi connectivity index (χ1) is 15.0. The maximum Gasteiger partial charge on any atom is 0.272 e. The second kappa shape index (κ2) is 8.73. The Morgan fingerprint density at radius 2 is 2.06 bits per heavy atom. The molecule has 2 amide bonds. The predicted molar refractivity (Wildman–Crippen MR) is 119 cm³/mol. The Balaban J connectivity index is 1.59. The van der Waals surface area contributed by atoms with Gasteiger partial charge in [-0.05, 0) is 57.2 Å². The maximum atomic E-state index is 13.5. The van der Waals surface area contributed by atoms with Crippen LogP contribution in [0.25, 0.3) is 11.3 Å². The molecule has 0 saturated carbocycles. The highest BCUT2D eigenvalue weighted by molar-refractivity contribution is 5.94. The van der Waals surface area contributed by atoms with Crippen LogP contribution in [-0.2, 0) is 4.79 Å². The first-order valence-electron chi connectivity index (χ1n) is 11.3. The second-order valence-electron chi connectivity index (χ2n) is 8.80. The largest absolute Gasteiger partial charge is 0.493 e. The number of para-hydroxylation sites is 1. The number of aromatic nitrogens is 2. The summed E-state index contributed by atoms with van der Waals surface area (Å²) in [5.74, 6) is 0.811. The average molecular weight is 425 g/mol. The minimum atomic E-state index is -0.304. The molecule has 0 aliphatic carbocycles. The molecule has 1 N–H and O–H groups in total. The lowest BCUT2D eigenvalue weighted by Gasteiger charge is -2.56. The molecule has 7 heteroatoms. The number of amides is 2. The van der Waals surface area contributed by atoms with Crippen LogP contribution in [-0.4, -0.2) is 63.1 Å². The SMILES string of the molecule is CCCOc1ccccc1-c1cc(C(=O)N2CCC[C@@]3(C)[C@H]2CCCN3C(C)=O)[nH]n1. The van der Waals surface area contributed by atoms with Gasteiger partial charge < -0.3 is 14.5 Å². The van der Waals surface area contributed by atoms with Crippen LogP contribution in [0.4, 0.5) is 0 Å². The van der Waals surface area contributed by atoms with Crippen LogP contribution in [0.2, 0.25) is 0 Å². The molecular weight excluding hydrogens is 392 g/mol. The lowest BCUT2D eigenvalue weighted by Crippen LogP contribution is -2.68. The van der Waals surface area contributed by atoms with Crippen LogP contribution in [0.1, 0.15) is 63.4 Å². The van der Waals surface area contributed by atoms with Crippen molar-refractivity contribution in [3.63, 3.8) is 0 Å². The maximum absolute atomic E-state index is 13.5. The summed E-state index contributed by atoms with van der Waals surface area (Å²) in [5, 5.41) is 7.37. The lowest BCUT2D eigenvalue weighted by molar-refractivity contribution is -0.143. The summed E-state index contributed by atoms with van der Waals surface area (Å²) in [4.78, 5) is 29.7. The minimum absolute atomic E-state index is 0.0262. The Morgan fingerprint density at radius 1 is 1.26 bits per heavy atom. The van der Waals surface area contributed by atoms with E-state index in [1.54, 1.807) is 6.92 Å². The van der Waals surface area contributed by atoms with Gasteiger partial charge in [0.05, 0.1) is 23.9 Å². The third-order valence-corrected chi connectivity index (χ3v) is 6.73. The Hall–Kier alpha value is -2.83. The summed E-state index contributed by atoms with van der Waals surface area (Å²) in [5.41, 5.74) is 1.74. The fourth-order valence-corrected chi connectivity index (χ4v) is 5.25. The summed E-state index contributed by atoms with van der Waals surface area (Å²) in [7, 11) is 0. The van der Waals surface area contributed by atoms with E-state index in [0.29, 0.717) is 24.5 Å². The predicted octanol–water partition coefficient (Wildman–Crippen LogP) is 3.87. The minimum Gasteiger partial charge on any atom is -0.493 e. The van der Waals surface area contributed by atoms with Crippen LogP contribution >= 0.6 is 0 Å². The van der Waals surface area contributed by atoms with Gasteiger partial charge in [0, 0.05) is 25.6 Å². The van der Waals surface area contributed by atoms with E-state index in [0.717, 1.165) is 50.0 Å². The van der Waals surface area contributed by atoms with Crippen LogP contribution in [0.3, 0.4) is 0 Å². The number of rotatable bonds is 5.